The van der Waals surface area contributed by atoms with E-state index in [1.165, 1.54) is 0 Å². The highest BCUT2D eigenvalue weighted by Gasteiger charge is 2.29. The standard InChI is InChI=1S/C25H29N3O6/c1-25(2,3)34-24(33)26-21(23(31)32)16-18(22(29)30)9-7-8-17-12-14-20(15-13-17)28-27-19-10-5-4-6-11-19/h4-8,10-15,18,21H,9,16H2,1-3H3,(H,26,33)(H,29,30)(H,31,32)/b8-7+,28-27?/t18-,21-/m1/s1. The molecule has 0 spiro atoms. The summed E-state index contributed by atoms with van der Waals surface area (Å²) >= 11 is 0. The Morgan fingerprint density at radius 2 is 1.53 bits per heavy atom. The monoisotopic (exact) mass is 467 g/mol. The van der Waals surface area contributed by atoms with Crippen molar-refractivity contribution in [3.8, 4) is 0 Å². The van der Waals surface area contributed by atoms with E-state index in [4.69, 9.17) is 4.74 Å². The first-order valence-corrected chi connectivity index (χ1v) is 10.7. The fourth-order valence-corrected chi connectivity index (χ4v) is 2.88. The van der Waals surface area contributed by atoms with Gasteiger partial charge in [-0.1, -0.05) is 42.5 Å². The maximum absolute atomic E-state index is 11.9. The molecule has 2 aromatic rings. The summed E-state index contributed by atoms with van der Waals surface area (Å²) in [6.45, 7) is 4.93. The molecule has 0 bridgehead atoms. The number of alkyl carbamates (subject to hydrolysis) is 1. The van der Waals surface area contributed by atoms with Gasteiger partial charge in [-0.3, -0.25) is 4.79 Å². The number of aliphatic carboxylic acids is 2. The van der Waals surface area contributed by atoms with E-state index in [-0.39, 0.29) is 12.8 Å². The summed E-state index contributed by atoms with van der Waals surface area (Å²) in [5.41, 5.74) is 1.43. The van der Waals surface area contributed by atoms with E-state index < -0.39 is 35.6 Å². The molecule has 0 aliphatic carbocycles. The molecule has 2 atom stereocenters. The lowest BCUT2D eigenvalue weighted by Crippen LogP contribution is -2.45. The van der Waals surface area contributed by atoms with Crippen molar-refractivity contribution in [1.29, 1.82) is 0 Å². The molecule has 1 amide bonds. The fraction of sp³-hybridized carbons (Fsp3) is 0.320. The van der Waals surface area contributed by atoms with Gasteiger partial charge in [0.1, 0.15) is 11.6 Å². The van der Waals surface area contributed by atoms with E-state index in [1.807, 2.05) is 42.5 Å². The van der Waals surface area contributed by atoms with Crippen LogP contribution in [0.5, 0.6) is 0 Å². The van der Waals surface area contributed by atoms with Crippen molar-refractivity contribution in [3.05, 3.63) is 66.2 Å². The Kier molecular flexibility index (Phi) is 9.49. The number of benzene rings is 2. The third kappa shape index (κ3) is 9.64. The number of carboxylic acids is 2. The van der Waals surface area contributed by atoms with Gasteiger partial charge in [0.05, 0.1) is 17.3 Å². The molecule has 0 aliphatic heterocycles. The Morgan fingerprint density at radius 3 is 2.06 bits per heavy atom. The smallest absolute Gasteiger partial charge is 0.408 e. The number of amides is 1. The van der Waals surface area contributed by atoms with Gasteiger partial charge in [0.2, 0.25) is 0 Å². The molecule has 3 N–H and O–H groups in total. The number of nitrogens with one attached hydrogen (secondary N) is 1. The van der Waals surface area contributed by atoms with Crippen LogP contribution in [0.3, 0.4) is 0 Å². The number of rotatable bonds is 10. The zero-order valence-corrected chi connectivity index (χ0v) is 19.3. The third-order valence-corrected chi connectivity index (χ3v) is 4.52. The van der Waals surface area contributed by atoms with Gasteiger partial charge < -0.3 is 20.3 Å². The van der Waals surface area contributed by atoms with E-state index in [2.05, 4.69) is 15.5 Å². The number of carboxylic acid groups (broad SMARTS) is 2. The van der Waals surface area contributed by atoms with Crippen LogP contribution < -0.4 is 5.32 Å². The predicted molar refractivity (Wildman–Crippen MR) is 127 cm³/mol. The largest absolute Gasteiger partial charge is 0.481 e. The van der Waals surface area contributed by atoms with Gasteiger partial charge in [-0.15, -0.1) is 0 Å². The summed E-state index contributed by atoms with van der Waals surface area (Å²) in [4.78, 5) is 35.1. The zero-order chi connectivity index (χ0) is 25.1. The van der Waals surface area contributed by atoms with Crippen LogP contribution in [0, 0.1) is 5.92 Å². The van der Waals surface area contributed by atoms with Gasteiger partial charge in [-0.2, -0.15) is 10.2 Å². The van der Waals surface area contributed by atoms with E-state index in [0.29, 0.717) is 5.69 Å². The molecule has 0 heterocycles. The third-order valence-electron chi connectivity index (χ3n) is 4.52. The second-order valence-electron chi connectivity index (χ2n) is 8.57. The average Bonchev–Trinajstić information content (AvgIpc) is 2.76. The van der Waals surface area contributed by atoms with Crippen molar-refractivity contribution in [1.82, 2.24) is 5.32 Å². The van der Waals surface area contributed by atoms with Crippen LogP contribution in [-0.2, 0) is 14.3 Å². The van der Waals surface area contributed by atoms with E-state index >= 15 is 0 Å². The molecular weight excluding hydrogens is 438 g/mol. The molecule has 9 heteroatoms. The number of carbonyl (C=O) groups is 3. The minimum absolute atomic E-state index is 0.0879. The van der Waals surface area contributed by atoms with Gasteiger partial charge in [0.25, 0.3) is 0 Å². The van der Waals surface area contributed by atoms with Crippen LogP contribution in [0.4, 0.5) is 16.2 Å². The number of nitrogens with zero attached hydrogens (tertiary/aromatic N) is 2. The van der Waals surface area contributed by atoms with Gasteiger partial charge in [0.15, 0.2) is 0 Å². The van der Waals surface area contributed by atoms with E-state index in [0.717, 1.165) is 11.3 Å². The lowest BCUT2D eigenvalue weighted by atomic mass is 9.96. The number of azo groups is 1. The lowest BCUT2D eigenvalue weighted by molar-refractivity contribution is -0.144. The maximum Gasteiger partial charge on any atom is 0.408 e. The van der Waals surface area contributed by atoms with Crippen LogP contribution >= 0.6 is 0 Å². The van der Waals surface area contributed by atoms with Crippen molar-refractivity contribution in [2.45, 2.75) is 45.3 Å². The molecule has 0 saturated carbocycles. The quantitative estimate of drug-likeness (QED) is 0.390. The van der Waals surface area contributed by atoms with Crippen LogP contribution in [0.1, 0.15) is 39.2 Å². The van der Waals surface area contributed by atoms with Crippen molar-refractivity contribution in [3.63, 3.8) is 0 Å². The Hall–Kier alpha value is -4.01. The number of ether oxygens (including phenoxy) is 1. The lowest BCUT2D eigenvalue weighted by Gasteiger charge is -2.23. The first kappa shape index (κ1) is 26.2. The molecule has 2 rings (SSSR count). The normalized spacial score (nSPS) is 13.5. The van der Waals surface area contributed by atoms with E-state index in [1.54, 1.807) is 45.1 Å². The molecule has 0 aromatic heterocycles. The van der Waals surface area contributed by atoms with Crippen molar-refractivity contribution in [2.75, 3.05) is 0 Å². The molecule has 34 heavy (non-hydrogen) atoms. The zero-order valence-electron chi connectivity index (χ0n) is 19.3. The van der Waals surface area contributed by atoms with Gasteiger partial charge in [-0.05, 0) is 63.4 Å². The highest BCUT2D eigenvalue weighted by Crippen LogP contribution is 2.20. The van der Waals surface area contributed by atoms with Gasteiger partial charge in [0, 0.05) is 0 Å². The number of hydrogen-bond donors (Lipinski definition) is 3. The van der Waals surface area contributed by atoms with Gasteiger partial charge in [-0.25, -0.2) is 9.59 Å². The highest BCUT2D eigenvalue weighted by molar-refractivity contribution is 5.81. The van der Waals surface area contributed by atoms with Crippen LogP contribution in [0.15, 0.2) is 70.9 Å². The molecule has 0 aliphatic rings. The number of carbonyl (C=O) groups excluding carboxylic acids is 1. The number of hydrogen-bond acceptors (Lipinski definition) is 6. The molecule has 9 nitrogen and oxygen atoms in total. The van der Waals surface area contributed by atoms with Crippen LogP contribution in [0.25, 0.3) is 6.08 Å². The van der Waals surface area contributed by atoms with Crippen molar-refractivity contribution in [2.24, 2.45) is 16.1 Å². The van der Waals surface area contributed by atoms with Gasteiger partial charge >= 0.3 is 18.0 Å². The first-order valence-electron chi connectivity index (χ1n) is 10.7. The summed E-state index contributed by atoms with van der Waals surface area (Å²) < 4.78 is 5.06. The van der Waals surface area contributed by atoms with Crippen molar-refractivity contribution >= 4 is 35.5 Å². The SMILES string of the molecule is CC(C)(C)OC(=O)N[C@H](C[C@@H](C/C=C/c1ccc(N=Nc2ccccc2)cc1)C(=O)O)C(=O)O. The summed E-state index contributed by atoms with van der Waals surface area (Å²) in [6, 6.07) is 15.1. The summed E-state index contributed by atoms with van der Waals surface area (Å²) in [5, 5.41) is 29.5. The second-order valence-corrected chi connectivity index (χ2v) is 8.57. The minimum Gasteiger partial charge on any atom is -0.481 e. The highest BCUT2D eigenvalue weighted by atomic mass is 16.6. The van der Waals surface area contributed by atoms with Crippen LogP contribution in [0.2, 0.25) is 0 Å². The Balaban J connectivity index is 1.96. The first-order chi connectivity index (χ1) is 16.0. The molecule has 0 radical (unpaired) electrons. The Morgan fingerprint density at radius 1 is 0.941 bits per heavy atom. The fourth-order valence-electron chi connectivity index (χ4n) is 2.88. The molecular formula is C25H29N3O6. The average molecular weight is 468 g/mol. The minimum atomic E-state index is -1.39. The van der Waals surface area contributed by atoms with Crippen molar-refractivity contribution < 1.29 is 29.3 Å². The molecule has 0 saturated heterocycles. The Bertz CT molecular complexity index is 1030. The van der Waals surface area contributed by atoms with Crippen LogP contribution in [-0.4, -0.2) is 39.9 Å². The predicted octanol–water partition coefficient (Wildman–Crippen LogP) is 5.57. The summed E-state index contributed by atoms with van der Waals surface area (Å²) in [6.07, 6.45) is 2.29. The topological polar surface area (TPSA) is 138 Å². The second kappa shape index (κ2) is 12.3. The molecule has 0 fully saturated rings. The summed E-state index contributed by atoms with van der Waals surface area (Å²) in [5.74, 6) is -3.49. The molecule has 2 aromatic carbocycles. The number of allylic oxidation sites excluding steroid dienone is 1. The summed E-state index contributed by atoms with van der Waals surface area (Å²) in [7, 11) is 0. The van der Waals surface area contributed by atoms with E-state index in [9.17, 15) is 24.6 Å². The molecule has 0 unspecified atom stereocenters. The maximum atomic E-state index is 11.9. The molecule has 180 valence electrons. The Labute approximate surface area is 198 Å².